The van der Waals surface area contributed by atoms with E-state index in [1.807, 2.05) is 30.5 Å². The normalized spacial score (nSPS) is 21.9. The van der Waals surface area contributed by atoms with Crippen LogP contribution in [0.2, 0.25) is 0 Å². The molecule has 2 aliphatic rings. The maximum absolute atomic E-state index is 12.6. The van der Waals surface area contributed by atoms with Gasteiger partial charge >= 0.3 is 12.0 Å². The number of aliphatic carboxylic acids is 1. The third-order valence-corrected chi connectivity index (χ3v) is 6.43. The highest BCUT2D eigenvalue weighted by molar-refractivity contribution is 7.98. The Balaban J connectivity index is 1.69. The molecule has 8 heteroatoms. The second-order valence-corrected chi connectivity index (χ2v) is 7.62. The van der Waals surface area contributed by atoms with Crippen molar-refractivity contribution < 1.29 is 19.5 Å². The molecule has 2 fully saturated rings. The van der Waals surface area contributed by atoms with E-state index in [1.54, 1.807) is 28.6 Å². The summed E-state index contributed by atoms with van der Waals surface area (Å²) in [6.07, 6.45) is 2.95. The number of carboxylic acid groups (broad SMARTS) is 1. The lowest BCUT2D eigenvalue weighted by molar-refractivity contribution is -0.145. The van der Waals surface area contributed by atoms with Crippen LogP contribution in [0.3, 0.4) is 0 Å². The second kappa shape index (κ2) is 7.19. The van der Waals surface area contributed by atoms with Crippen LogP contribution in [0.5, 0.6) is 0 Å². The summed E-state index contributed by atoms with van der Waals surface area (Å²) in [5.74, 6) is -1.78. The van der Waals surface area contributed by atoms with E-state index in [2.05, 4.69) is 5.32 Å². The molecule has 1 spiro atoms. The van der Waals surface area contributed by atoms with E-state index in [4.69, 9.17) is 0 Å². The van der Waals surface area contributed by atoms with Crippen LogP contribution in [0.25, 0.3) is 0 Å². The Hall–Kier alpha value is -2.22. The fraction of sp³-hybridized carbons (Fsp3) is 0.500. The summed E-state index contributed by atoms with van der Waals surface area (Å²) in [5, 5.41) is 12.5. The van der Waals surface area contributed by atoms with Gasteiger partial charge in [-0.25, -0.2) is 4.79 Å². The molecule has 0 saturated carbocycles. The zero-order valence-corrected chi connectivity index (χ0v) is 15.7. The molecule has 1 atom stereocenters. The number of carboxylic acids is 1. The predicted molar refractivity (Wildman–Crippen MR) is 99.3 cm³/mol. The third kappa shape index (κ3) is 3.13. The van der Waals surface area contributed by atoms with E-state index in [0.717, 1.165) is 10.6 Å². The zero-order chi connectivity index (χ0) is 18.9. The SMILES string of the molecule is CSc1ccccc1NC(=O)N1CCC2(CC1)[C@@H](C(=O)O)CC(=O)N2C. The van der Waals surface area contributed by atoms with Crippen LogP contribution in [-0.4, -0.2) is 64.7 Å². The maximum atomic E-state index is 12.6. The van der Waals surface area contributed by atoms with Crippen LogP contribution in [0, 0.1) is 5.92 Å². The van der Waals surface area contributed by atoms with Crippen molar-refractivity contribution in [3.63, 3.8) is 0 Å². The smallest absolute Gasteiger partial charge is 0.321 e. The van der Waals surface area contributed by atoms with Crippen molar-refractivity contribution in [2.24, 2.45) is 5.92 Å². The summed E-state index contributed by atoms with van der Waals surface area (Å²) in [6.45, 7) is 0.851. The van der Waals surface area contributed by atoms with Gasteiger partial charge in [0, 0.05) is 31.5 Å². The Kier molecular flexibility index (Phi) is 5.13. The molecular formula is C18H23N3O4S. The number of likely N-dealkylation sites (tertiary alicyclic amines) is 2. The van der Waals surface area contributed by atoms with Crippen molar-refractivity contribution >= 4 is 35.4 Å². The number of nitrogens with zero attached hydrogens (tertiary/aromatic N) is 2. The number of nitrogens with one attached hydrogen (secondary N) is 1. The summed E-state index contributed by atoms with van der Waals surface area (Å²) in [4.78, 5) is 40.6. The summed E-state index contributed by atoms with van der Waals surface area (Å²) in [5.41, 5.74) is 0.0820. The number of benzene rings is 1. The molecule has 0 aliphatic carbocycles. The zero-order valence-electron chi connectivity index (χ0n) is 14.9. The first kappa shape index (κ1) is 18.6. The highest BCUT2D eigenvalue weighted by atomic mass is 32.2. The van der Waals surface area contributed by atoms with E-state index in [-0.39, 0.29) is 18.4 Å². The van der Waals surface area contributed by atoms with Crippen LogP contribution in [0.4, 0.5) is 10.5 Å². The topological polar surface area (TPSA) is 90.0 Å². The summed E-state index contributed by atoms with van der Waals surface area (Å²) < 4.78 is 0. The fourth-order valence-electron chi connectivity index (χ4n) is 4.02. The first-order chi connectivity index (χ1) is 12.4. The number of anilines is 1. The van der Waals surface area contributed by atoms with Crippen LogP contribution in [-0.2, 0) is 9.59 Å². The van der Waals surface area contributed by atoms with Gasteiger partial charge in [0.1, 0.15) is 0 Å². The molecule has 3 amide bonds. The van der Waals surface area contributed by atoms with Crippen LogP contribution >= 0.6 is 11.8 Å². The number of amides is 3. The maximum Gasteiger partial charge on any atom is 0.321 e. The van der Waals surface area contributed by atoms with Gasteiger partial charge in [-0.15, -0.1) is 11.8 Å². The number of hydrogen-bond donors (Lipinski definition) is 2. The molecule has 2 saturated heterocycles. The molecular weight excluding hydrogens is 354 g/mol. The largest absolute Gasteiger partial charge is 0.481 e. The number of urea groups is 1. The monoisotopic (exact) mass is 377 g/mol. The minimum atomic E-state index is -0.936. The molecule has 7 nitrogen and oxygen atoms in total. The minimum absolute atomic E-state index is 0.0408. The fourth-order valence-corrected chi connectivity index (χ4v) is 4.58. The van der Waals surface area contributed by atoms with E-state index in [0.29, 0.717) is 25.9 Å². The van der Waals surface area contributed by atoms with Crippen molar-refractivity contribution in [2.45, 2.75) is 29.7 Å². The van der Waals surface area contributed by atoms with Gasteiger partial charge < -0.3 is 20.2 Å². The van der Waals surface area contributed by atoms with Crippen molar-refractivity contribution in [3.8, 4) is 0 Å². The summed E-state index contributed by atoms with van der Waals surface area (Å²) >= 11 is 1.56. The van der Waals surface area contributed by atoms with Crippen molar-refractivity contribution in [1.82, 2.24) is 9.80 Å². The van der Waals surface area contributed by atoms with Crippen LogP contribution < -0.4 is 5.32 Å². The van der Waals surface area contributed by atoms with Crippen molar-refractivity contribution in [1.29, 1.82) is 0 Å². The Bertz CT molecular complexity index is 731. The summed E-state index contributed by atoms with van der Waals surface area (Å²) in [6, 6.07) is 7.41. The standard InChI is InChI=1S/C18H23N3O4S/c1-20-15(22)11-12(16(23)24)18(20)7-9-21(10-8-18)17(25)19-13-5-3-4-6-14(13)26-2/h3-6,12H,7-11H2,1-2H3,(H,19,25)(H,23,24)/t12-/m1/s1. The molecule has 140 valence electrons. The van der Waals surface area contributed by atoms with Gasteiger partial charge in [-0.2, -0.15) is 0 Å². The molecule has 2 N–H and O–H groups in total. The number of carbonyl (C=O) groups is 3. The molecule has 0 radical (unpaired) electrons. The number of carbonyl (C=O) groups excluding carboxylic acids is 2. The number of thioether (sulfide) groups is 1. The highest BCUT2D eigenvalue weighted by Gasteiger charge is 2.55. The van der Waals surface area contributed by atoms with Gasteiger partial charge in [0.05, 0.1) is 17.1 Å². The molecule has 3 rings (SSSR count). The number of para-hydroxylation sites is 1. The van der Waals surface area contributed by atoms with Gasteiger partial charge in [-0.3, -0.25) is 9.59 Å². The van der Waals surface area contributed by atoms with Crippen molar-refractivity contribution in [2.75, 3.05) is 31.7 Å². The molecule has 2 aliphatic heterocycles. The molecule has 1 aromatic rings. The van der Waals surface area contributed by atoms with E-state index in [9.17, 15) is 19.5 Å². The lowest BCUT2D eigenvalue weighted by atomic mass is 9.77. The Morgan fingerprint density at radius 2 is 1.92 bits per heavy atom. The molecule has 0 aromatic heterocycles. The van der Waals surface area contributed by atoms with E-state index < -0.39 is 17.4 Å². The molecule has 0 bridgehead atoms. The number of hydrogen-bond acceptors (Lipinski definition) is 4. The number of piperidine rings is 1. The van der Waals surface area contributed by atoms with Crippen LogP contribution in [0.15, 0.2) is 29.2 Å². The second-order valence-electron chi connectivity index (χ2n) is 6.77. The first-order valence-electron chi connectivity index (χ1n) is 8.57. The first-order valence-corrected chi connectivity index (χ1v) is 9.80. The highest BCUT2D eigenvalue weighted by Crippen LogP contribution is 2.42. The van der Waals surface area contributed by atoms with Gasteiger partial charge in [0.2, 0.25) is 5.91 Å². The predicted octanol–water partition coefficient (Wildman–Crippen LogP) is 2.34. The average molecular weight is 377 g/mol. The third-order valence-electron chi connectivity index (χ3n) is 5.63. The number of rotatable bonds is 3. The molecule has 1 aromatic carbocycles. The molecule has 0 unspecified atom stereocenters. The quantitative estimate of drug-likeness (QED) is 0.789. The summed E-state index contributed by atoms with van der Waals surface area (Å²) in [7, 11) is 1.68. The van der Waals surface area contributed by atoms with Crippen LogP contribution in [0.1, 0.15) is 19.3 Å². The Morgan fingerprint density at radius 1 is 1.27 bits per heavy atom. The van der Waals surface area contributed by atoms with E-state index in [1.165, 1.54) is 0 Å². The van der Waals surface area contributed by atoms with Gasteiger partial charge in [-0.1, -0.05) is 12.1 Å². The Morgan fingerprint density at radius 3 is 2.54 bits per heavy atom. The average Bonchev–Trinajstić information content (AvgIpc) is 2.88. The van der Waals surface area contributed by atoms with Gasteiger partial charge in [0.25, 0.3) is 0 Å². The lowest BCUT2D eigenvalue weighted by Gasteiger charge is -2.45. The van der Waals surface area contributed by atoms with Gasteiger partial charge in [-0.05, 0) is 31.2 Å². The van der Waals surface area contributed by atoms with Gasteiger partial charge in [0.15, 0.2) is 0 Å². The molecule has 2 heterocycles. The minimum Gasteiger partial charge on any atom is -0.481 e. The molecule has 26 heavy (non-hydrogen) atoms. The van der Waals surface area contributed by atoms with Crippen molar-refractivity contribution in [3.05, 3.63) is 24.3 Å². The Labute approximate surface area is 156 Å². The van der Waals surface area contributed by atoms with E-state index >= 15 is 0 Å². The lowest BCUT2D eigenvalue weighted by Crippen LogP contribution is -2.57.